The third-order valence-corrected chi connectivity index (χ3v) is 3.14. The Morgan fingerprint density at radius 2 is 2.24 bits per heavy atom. The van der Waals surface area contributed by atoms with E-state index in [0.717, 1.165) is 13.1 Å². The molecule has 0 spiro atoms. The Hall–Kier alpha value is -1.62. The first-order chi connectivity index (χ1) is 8.09. The molecule has 92 valence electrons. The van der Waals surface area contributed by atoms with Crippen molar-refractivity contribution in [1.29, 1.82) is 0 Å². The van der Waals surface area contributed by atoms with Gasteiger partial charge in [-0.15, -0.1) is 0 Å². The maximum absolute atomic E-state index is 12.2. The fraction of sp³-hybridized carbons (Fsp3) is 0.500. The molecule has 1 aromatic heterocycles. The van der Waals surface area contributed by atoms with Crippen molar-refractivity contribution in [2.24, 2.45) is 0 Å². The van der Waals surface area contributed by atoms with Gasteiger partial charge in [0.15, 0.2) is 0 Å². The van der Waals surface area contributed by atoms with Gasteiger partial charge in [-0.1, -0.05) is 0 Å². The van der Waals surface area contributed by atoms with Gasteiger partial charge < -0.3 is 14.8 Å². The number of aromatic amines is 1. The second kappa shape index (κ2) is 4.71. The molecule has 1 N–H and O–H groups in total. The number of hydrogen-bond donors (Lipinski definition) is 1. The van der Waals surface area contributed by atoms with Crippen molar-refractivity contribution < 1.29 is 4.79 Å². The number of nitrogens with one attached hydrogen (secondary N) is 1. The summed E-state index contributed by atoms with van der Waals surface area (Å²) in [6.45, 7) is 4.37. The standard InChI is InChI=1S/C12H17N3O2/c1-9-8-14(2)6-7-15(9)12(17)10-4-3-5-13-11(10)16/h3-5,9H,6-8H2,1-2H3,(H,13,16). The van der Waals surface area contributed by atoms with Crippen LogP contribution in [0.25, 0.3) is 0 Å². The molecule has 0 aromatic carbocycles. The minimum absolute atomic E-state index is 0.140. The number of carbonyl (C=O) groups excluding carboxylic acids is 1. The van der Waals surface area contributed by atoms with Crippen LogP contribution < -0.4 is 5.56 Å². The van der Waals surface area contributed by atoms with E-state index in [9.17, 15) is 9.59 Å². The number of piperazine rings is 1. The third-order valence-electron chi connectivity index (χ3n) is 3.14. The molecule has 5 heteroatoms. The molecule has 0 aliphatic carbocycles. The summed E-state index contributed by atoms with van der Waals surface area (Å²) in [4.78, 5) is 30.3. The van der Waals surface area contributed by atoms with Crippen molar-refractivity contribution in [2.75, 3.05) is 26.7 Å². The van der Waals surface area contributed by atoms with Gasteiger partial charge in [0, 0.05) is 31.9 Å². The van der Waals surface area contributed by atoms with Crippen molar-refractivity contribution in [1.82, 2.24) is 14.8 Å². The first-order valence-electron chi connectivity index (χ1n) is 5.77. The Labute approximate surface area is 100 Å². The number of H-pyrrole nitrogens is 1. The van der Waals surface area contributed by atoms with E-state index in [4.69, 9.17) is 0 Å². The van der Waals surface area contributed by atoms with Gasteiger partial charge in [-0.25, -0.2) is 0 Å². The maximum atomic E-state index is 12.2. The number of hydrogen-bond acceptors (Lipinski definition) is 3. The molecular formula is C12H17N3O2. The summed E-state index contributed by atoms with van der Waals surface area (Å²) < 4.78 is 0. The van der Waals surface area contributed by atoms with Crippen LogP contribution >= 0.6 is 0 Å². The molecule has 1 aliphatic rings. The predicted octanol–water partition coefficient (Wildman–Crippen LogP) is 0.151. The van der Waals surface area contributed by atoms with Crippen LogP contribution in [0.5, 0.6) is 0 Å². The summed E-state index contributed by atoms with van der Waals surface area (Å²) in [5, 5.41) is 0. The van der Waals surface area contributed by atoms with Crippen molar-refractivity contribution in [3.8, 4) is 0 Å². The van der Waals surface area contributed by atoms with E-state index in [1.165, 1.54) is 6.20 Å². The van der Waals surface area contributed by atoms with E-state index in [1.54, 1.807) is 17.0 Å². The molecule has 1 aromatic rings. The summed E-state index contributed by atoms with van der Waals surface area (Å²) in [5.41, 5.74) is -0.0902. The average Bonchev–Trinajstić information content (AvgIpc) is 2.29. The van der Waals surface area contributed by atoms with Crippen LogP contribution in [0.4, 0.5) is 0 Å². The van der Waals surface area contributed by atoms with Crippen molar-refractivity contribution >= 4 is 5.91 Å². The van der Waals surface area contributed by atoms with Crippen LogP contribution in [0.15, 0.2) is 23.1 Å². The number of amides is 1. The fourth-order valence-corrected chi connectivity index (χ4v) is 2.19. The molecule has 1 saturated heterocycles. The van der Waals surface area contributed by atoms with Gasteiger partial charge in [-0.3, -0.25) is 9.59 Å². The molecule has 1 amide bonds. The molecule has 2 heterocycles. The topological polar surface area (TPSA) is 56.4 Å². The summed E-state index contributed by atoms with van der Waals surface area (Å²) in [6.07, 6.45) is 1.53. The lowest BCUT2D eigenvalue weighted by molar-refractivity contribution is 0.0532. The average molecular weight is 235 g/mol. The lowest BCUT2D eigenvalue weighted by Crippen LogP contribution is -2.53. The second-order valence-electron chi connectivity index (χ2n) is 4.52. The second-order valence-corrected chi connectivity index (χ2v) is 4.52. The van der Waals surface area contributed by atoms with E-state index in [0.29, 0.717) is 6.54 Å². The number of likely N-dealkylation sites (N-methyl/N-ethyl adjacent to an activating group) is 1. The van der Waals surface area contributed by atoms with Gasteiger partial charge in [0.2, 0.25) is 0 Å². The Balaban J connectivity index is 2.21. The molecule has 0 bridgehead atoms. The first kappa shape index (κ1) is 11.9. The van der Waals surface area contributed by atoms with Crippen molar-refractivity contribution in [3.05, 3.63) is 34.2 Å². The van der Waals surface area contributed by atoms with Gasteiger partial charge in [-0.05, 0) is 26.1 Å². The molecular weight excluding hydrogens is 218 g/mol. The lowest BCUT2D eigenvalue weighted by atomic mass is 10.1. The Kier molecular flexibility index (Phi) is 3.28. The number of rotatable bonds is 1. The van der Waals surface area contributed by atoms with Gasteiger partial charge in [-0.2, -0.15) is 0 Å². The van der Waals surface area contributed by atoms with Crippen molar-refractivity contribution in [2.45, 2.75) is 13.0 Å². The van der Waals surface area contributed by atoms with Gasteiger partial charge in [0.25, 0.3) is 11.5 Å². The van der Waals surface area contributed by atoms with Crippen LogP contribution in [0.2, 0.25) is 0 Å². The summed E-state index contributed by atoms with van der Waals surface area (Å²) in [5.74, 6) is -0.174. The van der Waals surface area contributed by atoms with Gasteiger partial charge >= 0.3 is 0 Å². The molecule has 0 saturated carbocycles. The van der Waals surface area contributed by atoms with Crippen LogP contribution in [-0.2, 0) is 0 Å². The van der Waals surface area contributed by atoms with E-state index >= 15 is 0 Å². The van der Waals surface area contributed by atoms with Crippen LogP contribution in [-0.4, -0.2) is 53.4 Å². The maximum Gasteiger partial charge on any atom is 0.260 e. The van der Waals surface area contributed by atoms with Crippen LogP contribution in [0, 0.1) is 0 Å². The number of pyridine rings is 1. The molecule has 1 aliphatic heterocycles. The highest BCUT2D eigenvalue weighted by Crippen LogP contribution is 2.10. The minimum atomic E-state index is -0.316. The smallest absolute Gasteiger partial charge is 0.260 e. The highest BCUT2D eigenvalue weighted by atomic mass is 16.2. The Morgan fingerprint density at radius 1 is 1.47 bits per heavy atom. The zero-order valence-corrected chi connectivity index (χ0v) is 10.1. The van der Waals surface area contributed by atoms with Crippen LogP contribution in [0.3, 0.4) is 0 Å². The van der Waals surface area contributed by atoms with E-state index in [-0.39, 0.29) is 23.1 Å². The van der Waals surface area contributed by atoms with E-state index in [2.05, 4.69) is 9.88 Å². The summed E-state index contributed by atoms with van der Waals surface area (Å²) >= 11 is 0. The number of aromatic nitrogens is 1. The summed E-state index contributed by atoms with van der Waals surface area (Å²) in [7, 11) is 2.04. The fourth-order valence-electron chi connectivity index (χ4n) is 2.19. The van der Waals surface area contributed by atoms with E-state index < -0.39 is 0 Å². The molecule has 2 rings (SSSR count). The normalized spacial score (nSPS) is 21.5. The predicted molar refractivity (Wildman–Crippen MR) is 65.1 cm³/mol. The van der Waals surface area contributed by atoms with Gasteiger partial charge in [0.1, 0.15) is 5.56 Å². The highest BCUT2D eigenvalue weighted by Gasteiger charge is 2.27. The minimum Gasteiger partial charge on any atom is -0.333 e. The molecule has 17 heavy (non-hydrogen) atoms. The Bertz CT molecular complexity index is 469. The molecule has 1 atom stereocenters. The quantitative estimate of drug-likeness (QED) is 0.754. The first-order valence-corrected chi connectivity index (χ1v) is 5.77. The van der Waals surface area contributed by atoms with Crippen molar-refractivity contribution in [3.63, 3.8) is 0 Å². The zero-order chi connectivity index (χ0) is 12.4. The highest BCUT2D eigenvalue weighted by molar-refractivity contribution is 5.94. The molecule has 1 fully saturated rings. The Morgan fingerprint density at radius 3 is 2.88 bits per heavy atom. The largest absolute Gasteiger partial charge is 0.333 e. The van der Waals surface area contributed by atoms with E-state index in [1.807, 2.05) is 14.0 Å². The lowest BCUT2D eigenvalue weighted by Gasteiger charge is -2.38. The molecule has 1 unspecified atom stereocenters. The van der Waals surface area contributed by atoms with Gasteiger partial charge in [0.05, 0.1) is 0 Å². The zero-order valence-electron chi connectivity index (χ0n) is 10.1. The number of carbonyl (C=O) groups is 1. The summed E-state index contributed by atoms with van der Waals surface area (Å²) in [6, 6.07) is 3.39. The van der Waals surface area contributed by atoms with Crippen LogP contribution in [0.1, 0.15) is 17.3 Å². The SMILES string of the molecule is CC1CN(C)CCN1C(=O)c1ccc[nH]c1=O. The third kappa shape index (κ3) is 2.39. The number of nitrogens with zero attached hydrogens (tertiary/aromatic N) is 2. The monoisotopic (exact) mass is 235 g/mol. The molecule has 5 nitrogen and oxygen atoms in total. The molecule has 0 radical (unpaired) electrons.